The van der Waals surface area contributed by atoms with Gasteiger partial charge in [-0.25, -0.2) is 0 Å². The highest BCUT2D eigenvalue weighted by Crippen LogP contribution is 2.27. The van der Waals surface area contributed by atoms with Gasteiger partial charge in [0.2, 0.25) is 0 Å². The van der Waals surface area contributed by atoms with Crippen LogP contribution in [0.15, 0.2) is 35.1 Å². The summed E-state index contributed by atoms with van der Waals surface area (Å²) in [6.07, 6.45) is 3.79. The maximum atomic E-state index is 5.00. The van der Waals surface area contributed by atoms with E-state index in [1.807, 2.05) is 25.4 Å². The molecule has 0 aliphatic heterocycles. The highest BCUT2D eigenvalue weighted by molar-refractivity contribution is 7.21. The highest BCUT2D eigenvalue weighted by atomic mass is 32.1. The quantitative estimate of drug-likeness (QED) is 0.627. The number of aromatic nitrogens is 1. The maximum Gasteiger partial charge on any atom is 0.0819 e. The summed E-state index contributed by atoms with van der Waals surface area (Å²) >= 11 is 1.75. The first-order valence-electron chi connectivity index (χ1n) is 7.37. The number of pyridine rings is 1. The molecule has 4 nitrogen and oxygen atoms in total. The van der Waals surface area contributed by atoms with Gasteiger partial charge in [-0.3, -0.25) is 9.98 Å². The Morgan fingerprint density at radius 1 is 1.45 bits per heavy atom. The van der Waals surface area contributed by atoms with Gasteiger partial charge < -0.3 is 10.1 Å². The molecule has 22 heavy (non-hydrogen) atoms. The number of aliphatic imine (C=N–C) groups is 1. The monoisotopic (exact) mass is 317 g/mol. The fraction of sp³-hybridized carbons (Fsp3) is 0.412. The zero-order chi connectivity index (χ0) is 15.9. The van der Waals surface area contributed by atoms with Crippen LogP contribution in [-0.2, 0) is 4.74 Å². The molecule has 0 saturated heterocycles. The molecule has 2 aromatic heterocycles. The summed E-state index contributed by atoms with van der Waals surface area (Å²) in [5.74, 6) is 0. The second-order valence-corrected chi connectivity index (χ2v) is 6.36. The van der Waals surface area contributed by atoms with Crippen LogP contribution in [0.2, 0.25) is 0 Å². The summed E-state index contributed by atoms with van der Waals surface area (Å²) in [4.78, 5) is 10.2. The van der Waals surface area contributed by atoms with Crippen LogP contribution < -0.4 is 5.32 Å². The average molecular weight is 317 g/mol. The van der Waals surface area contributed by atoms with Crippen molar-refractivity contribution in [3.8, 4) is 0 Å². The molecule has 0 radical (unpaired) electrons. The minimum absolute atomic E-state index is 0.726. The van der Waals surface area contributed by atoms with Crippen molar-refractivity contribution in [3.05, 3.63) is 40.5 Å². The Kier molecular flexibility index (Phi) is 6.24. The standard InChI is InChI=1S/C17H23N3OS/c1-12(10-18-7-8-21-4)11-20-14(3)16-9-15-17(22-16)13(2)5-6-19-15/h5-6,9,11,18H,7-8,10H2,1-4H3/b12-11+,20-14?. The number of fused-ring (bicyclic) bond motifs is 1. The number of methoxy groups -OCH3 is 1. The van der Waals surface area contributed by atoms with Gasteiger partial charge in [0.05, 0.1) is 27.4 Å². The summed E-state index contributed by atoms with van der Waals surface area (Å²) in [5, 5.41) is 3.31. The zero-order valence-electron chi connectivity index (χ0n) is 13.6. The average Bonchev–Trinajstić information content (AvgIpc) is 2.95. The number of hydrogen-bond acceptors (Lipinski definition) is 5. The summed E-state index contributed by atoms with van der Waals surface area (Å²) in [6.45, 7) is 8.64. The lowest BCUT2D eigenvalue weighted by Gasteiger charge is -2.03. The van der Waals surface area contributed by atoms with Crippen molar-refractivity contribution >= 4 is 27.3 Å². The van der Waals surface area contributed by atoms with E-state index in [4.69, 9.17) is 4.74 Å². The van der Waals surface area contributed by atoms with Crippen LogP contribution in [-0.4, -0.2) is 37.5 Å². The smallest absolute Gasteiger partial charge is 0.0819 e. The lowest BCUT2D eigenvalue weighted by molar-refractivity contribution is 0.200. The first kappa shape index (κ1) is 16.8. The number of nitrogens with one attached hydrogen (secondary N) is 1. The van der Waals surface area contributed by atoms with Gasteiger partial charge in [0.1, 0.15) is 0 Å². The van der Waals surface area contributed by atoms with E-state index < -0.39 is 0 Å². The molecule has 0 aromatic carbocycles. The third kappa shape index (κ3) is 4.47. The summed E-state index contributed by atoms with van der Waals surface area (Å²) in [7, 11) is 1.71. The molecule has 2 aromatic rings. The Morgan fingerprint density at radius 3 is 3.00 bits per heavy atom. The second kappa shape index (κ2) is 8.17. The fourth-order valence-corrected chi connectivity index (χ4v) is 3.06. The SMILES string of the molecule is COCCNC/C(C)=C/N=C(C)c1cc2nccc(C)c2s1. The van der Waals surface area contributed by atoms with Crippen molar-refractivity contribution in [2.75, 3.05) is 26.8 Å². The number of aryl methyl sites for hydroxylation is 1. The molecule has 0 aliphatic carbocycles. The van der Waals surface area contributed by atoms with E-state index in [2.05, 4.69) is 35.2 Å². The third-order valence-electron chi connectivity index (χ3n) is 3.33. The van der Waals surface area contributed by atoms with Crippen LogP contribution in [0, 0.1) is 6.92 Å². The first-order valence-corrected chi connectivity index (χ1v) is 8.18. The van der Waals surface area contributed by atoms with Crippen molar-refractivity contribution < 1.29 is 4.74 Å². The Morgan fingerprint density at radius 2 is 2.27 bits per heavy atom. The zero-order valence-corrected chi connectivity index (χ0v) is 14.5. The fourth-order valence-electron chi connectivity index (χ4n) is 2.02. The van der Waals surface area contributed by atoms with Gasteiger partial charge in [-0.15, -0.1) is 11.3 Å². The van der Waals surface area contributed by atoms with Crippen molar-refractivity contribution in [1.82, 2.24) is 10.3 Å². The Bertz CT molecular complexity index is 688. The van der Waals surface area contributed by atoms with Crippen molar-refractivity contribution in [1.29, 1.82) is 0 Å². The molecule has 0 amide bonds. The molecule has 1 N–H and O–H groups in total. The van der Waals surface area contributed by atoms with E-state index in [0.717, 1.165) is 30.9 Å². The molecule has 0 saturated carbocycles. The Hall–Kier alpha value is -1.56. The largest absolute Gasteiger partial charge is 0.383 e. The number of hydrogen-bond donors (Lipinski definition) is 1. The molecule has 0 atom stereocenters. The Balaban J connectivity index is 2.05. The highest BCUT2D eigenvalue weighted by Gasteiger charge is 2.06. The molecule has 0 spiro atoms. The molecule has 2 heterocycles. The van der Waals surface area contributed by atoms with E-state index in [0.29, 0.717) is 0 Å². The molecule has 0 fully saturated rings. The van der Waals surface area contributed by atoms with Crippen LogP contribution in [0.1, 0.15) is 24.3 Å². The molecular weight excluding hydrogens is 294 g/mol. The van der Waals surface area contributed by atoms with E-state index in [9.17, 15) is 0 Å². The normalized spacial score (nSPS) is 13.1. The van der Waals surface area contributed by atoms with Crippen molar-refractivity contribution in [2.45, 2.75) is 20.8 Å². The predicted molar refractivity (Wildman–Crippen MR) is 95.1 cm³/mol. The van der Waals surface area contributed by atoms with Crippen LogP contribution in [0.25, 0.3) is 10.2 Å². The molecule has 0 aliphatic rings. The topological polar surface area (TPSA) is 46.5 Å². The third-order valence-corrected chi connectivity index (χ3v) is 4.70. The van der Waals surface area contributed by atoms with E-state index in [-0.39, 0.29) is 0 Å². The van der Waals surface area contributed by atoms with Crippen molar-refractivity contribution in [2.24, 2.45) is 4.99 Å². The van der Waals surface area contributed by atoms with E-state index in [1.165, 1.54) is 20.7 Å². The molecule has 2 rings (SSSR count). The lowest BCUT2D eigenvalue weighted by atomic mass is 10.2. The Labute approximate surface area is 135 Å². The van der Waals surface area contributed by atoms with Gasteiger partial charge in [0.25, 0.3) is 0 Å². The van der Waals surface area contributed by atoms with Gasteiger partial charge in [-0.05, 0) is 44.0 Å². The first-order chi connectivity index (χ1) is 10.6. The van der Waals surface area contributed by atoms with Gasteiger partial charge in [0, 0.05) is 32.6 Å². The van der Waals surface area contributed by atoms with E-state index in [1.54, 1.807) is 18.4 Å². The maximum absolute atomic E-state index is 5.00. The second-order valence-electron chi connectivity index (χ2n) is 5.31. The van der Waals surface area contributed by atoms with Gasteiger partial charge >= 0.3 is 0 Å². The molecule has 118 valence electrons. The molecule has 0 bridgehead atoms. The van der Waals surface area contributed by atoms with E-state index >= 15 is 0 Å². The minimum Gasteiger partial charge on any atom is -0.383 e. The van der Waals surface area contributed by atoms with Gasteiger partial charge in [-0.1, -0.05) is 0 Å². The minimum atomic E-state index is 0.726. The van der Waals surface area contributed by atoms with Crippen LogP contribution >= 0.6 is 11.3 Å². The lowest BCUT2D eigenvalue weighted by Crippen LogP contribution is -2.20. The van der Waals surface area contributed by atoms with Crippen molar-refractivity contribution in [3.63, 3.8) is 0 Å². The predicted octanol–water partition coefficient (Wildman–Crippen LogP) is 3.55. The van der Waals surface area contributed by atoms with Crippen LogP contribution in [0.4, 0.5) is 0 Å². The van der Waals surface area contributed by atoms with Gasteiger partial charge in [-0.2, -0.15) is 0 Å². The molecule has 5 heteroatoms. The molecular formula is C17H23N3OS. The summed E-state index contributed by atoms with van der Waals surface area (Å²) in [5.41, 5.74) is 4.55. The number of rotatable bonds is 7. The number of thiophene rings is 1. The number of nitrogens with zero attached hydrogens (tertiary/aromatic N) is 2. The molecule has 0 unspecified atom stereocenters. The number of ether oxygens (including phenoxy) is 1. The van der Waals surface area contributed by atoms with Crippen LogP contribution in [0.5, 0.6) is 0 Å². The van der Waals surface area contributed by atoms with Crippen LogP contribution in [0.3, 0.4) is 0 Å². The summed E-state index contributed by atoms with van der Waals surface area (Å²) in [6, 6.07) is 4.16. The summed E-state index contributed by atoms with van der Waals surface area (Å²) < 4.78 is 6.25. The van der Waals surface area contributed by atoms with Gasteiger partial charge in [0.15, 0.2) is 0 Å².